The van der Waals surface area contributed by atoms with Crippen LogP contribution in [0.3, 0.4) is 0 Å². The summed E-state index contributed by atoms with van der Waals surface area (Å²) in [4.78, 5) is 11.4. The first-order valence-corrected chi connectivity index (χ1v) is 5.45. The Morgan fingerprint density at radius 2 is 1.80 bits per heavy atom. The van der Waals surface area contributed by atoms with Crippen molar-refractivity contribution >= 4 is 5.97 Å². The molecule has 1 heterocycles. The van der Waals surface area contributed by atoms with Gasteiger partial charge in [0.2, 0.25) is 0 Å². The SMILES string of the molecule is CCOC(=O)C1=CC=C(C(F)(F)F)N(C)C1C(F)(F)F. The maximum absolute atomic E-state index is 12.9. The third kappa shape index (κ3) is 3.26. The van der Waals surface area contributed by atoms with Crippen LogP contribution in [0.1, 0.15) is 6.92 Å². The maximum Gasteiger partial charge on any atom is 0.431 e. The molecule has 0 fully saturated rings. The first-order valence-electron chi connectivity index (χ1n) is 5.45. The lowest BCUT2D eigenvalue weighted by molar-refractivity contribution is -0.184. The van der Waals surface area contributed by atoms with E-state index >= 15 is 0 Å². The van der Waals surface area contributed by atoms with Crippen molar-refractivity contribution in [2.24, 2.45) is 0 Å². The van der Waals surface area contributed by atoms with E-state index in [-0.39, 0.29) is 11.5 Å². The number of nitrogens with zero attached hydrogens (tertiary/aromatic N) is 1. The molecule has 0 bridgehead atoms. The standard InChI is InChI=1S/C11H11F6NO2/c1-3-20-9(19)6-4-5-7(10(12,13)14)18(2)8(6)11(15,16)17/h4-5,8H,3H2,1-2H3. The van der Waals surface area contributed by atoms with Gasteiger partial charge < -0.3 is 9.64 Å². The fourth-order valence-electron chi connectivity index (χ4n) is 1.81. The van der Waals surface area contributed by atoms with E-state index in [0.717, 1.165) is 0 Å². The second-order valence-electron chi connectivity index (χ2n) is 3.95. The van der Waals surface area contributed by atoms with Crippen molar-refractivity contribution in [3.05, 3.63) is 23.4 Å². The van der Waals surface area contributed by atoms with Gasteiger partial charge >= 0.3 is 18.3 Å². The molecule has 9 heteroatoms. The van der Waals surface area contributed by atoms with E-state index in [1.165, 1.54) is 6.92 Å². The van der Waals surface area contributed by atoms with E-state index in [4.69, 9.17) is 0 Å². The van der Waals surface area contributed by atoms with Crippen molar-refractivity contribution in [1.82, 2.24) is 4.90 Å². The monoisotopic (exact) mass is 303 g/mol. The number of esters is 1. The third-order valence-electron chi connectivity index (χ3n) is 2.59. The summed E-state index contributed by atoms with van der Waals surface area (Å²) in [7, 11) is 0.629. The third-order valence-corrected chi connectivity index (χ3v) is 2.59. The minimum absolute atomic E-state index is 0.0216. The number of hydrogen-bond acceptors (Lipinski definition) is 3. The average Bonchev–Trinajstić information content (AvgIpc) is 2.25. The van der Waals surface area contributed by atoms with Crippen molar-refractivity contribution in [2.45, 2.75) is 25.3 Å². The summed E-state index contributed by atoms with van der Waals surface area (Å²) in [6.45, 7) is 1.20. The molecular weight excluding hydrogens is 292 g/mol. The second-order valence-corrected chi connectivity index (χ2v) is 3.95. The minimum Gasteiger partial charge on any atom is -0.463 e. The molecule has 1 aliphatic heterocycles. The summed E-state index contributed by atoms with van der Waals surface area (Å²) in [5.74, 6) is -1.29. The number of carbonyl (C=O) groups is 1. The van der Waals surface area contributed by atoms with Gasteiger partial charge in [0.05, 0.1) is 12.2 Å². The number of likely N-dealkylation sites (N-methyl/N-ethyl adjacent to an activating group) is 1. The Labute approximate surface area is 110 Å². The molecule has 0 saturated heterocycles. The number of alkyl halides is 6. The van der Waals surface area contributed by atoms with Crippen LogP contribution in [0.25, 0.3) is 0 Å². The van der Waals surface area contributed by atoms with Gasteiger partial charge in [-0.2, -0.15) is 26.3 Å². The van der Waals surface area contributed by atoms with Gasteiger partial charge in [0, 0.05) is 7.05 Å². The molecule has 0 saturated carbocycles. The van der Waals surface area contributed by atoms with Gasteiger partial charge in [-0.15, -0.1) is 0 Å². The van der Waals surface area contributed by atoms with Crippen molar-refractivity contribution < 1.29 is 35.9 Å². The van der Waals surface area contributed by atoms with E-state index in [9.17, 15) is 31.1 Å². The van der Waals surface area contributed by atoms with Crippen LogP contribution in [-0.4, -0.2) is 42.9 Å². The maximum atomic E-state index is 12.9. The van der Waals surface area contributed by atoms with Gasteiger partial charge in [0.1, 0.15) is 5.70 Å². The molecule has 0 N–H and O–H groups in total. The van der Waals surface area contributed by atoms with Crippen LogP contribution < -0.4 is 0 Å². The highest BCUT2D eigenvalue weighted by molar-refractivity contribution is 5.91. The van der Waals surface area contributed by atoms with Gasteiger partial charge in [0.15, 0.2) is 6.04 Å². The van der Waals surface area contributed by atoms with E-state index in [2.05, 4.69) is 4.74 Å². The van der Waals surface area contributed by atoms with Gasteiger partial charge in [-0.25, -0.2) is 4.79 Å². The predicted octanol–water partition coefficient (Wildman–Crippen LogP) is 2.80. The lowest BCUT2D eigenvalue weighted by Crippen LogP contribution is -2.50. The fourth-order valence-corrected chi connectivity index (χ4v) is 1.81. The van der Waals surface area contributed by atoms with Crippen molar-refractivity contribution in [3.63, 3.8) is 0 Å². The summed E-state index contributed by atoms with van der Waals surface area (Å²) in [6, 6.07) is -2.69. The molecule has 3 nitrogen and oxygen atoms in total. The topological polar surface area (TPSA) is 29.5 Å². The summed E-state index contributed by atoms with van der Waals surface area (Å²) >= 11 is 0. The van der Waals surface area contributed by atoms with Gasteiger partial charge in [-0.3, -0.25) is 0 Å². The van der Waals surface area contributed by atoms with Gasteiger partial charge in [0.25, 0.3) is 0 Å². The summed E-state index contributed by atoms with van der Waals surface area (Å²) < 4.78 is 81.0. The molecule has 0 amide bonds. The lowest BCUT2D eigenvalue weighted by atomic mass is 10.00. The highest BCUT2D eigenvalue weighted by Crippen LogP contribution is 2.39. The Morgan fingerprint density at radius 3 is 2.20 bits per heavy atom. The summed E-state index contributed by atoms with van der Waals surface area (Å²) in [6.07, 6.45) is -9.07. The van der Waals surface area contributed by atoms with Crippen molar-refractivity contribution in [2.75, 3.05) is 13.7 Å². The molecule has 0 spiro atoms. The number of allylic oxidation sites excluding steroid dienone is 3. The Hall–Kier alpha value is -1.67. The van der Waals surface area contributed by atoms with Crippen LogP contribution in [0.2, 0.25) is 0 Å². The van der Waals surface area contributed by atoms with E-state index < -0.39 is 35.6 Å². The highest BCUT2D eigenvalue weighted by Gasteiger charge is 2.52. The molecule has 1 rings (SSSR count). The summed E-state index contributed by atoms with van der Waals surface area (Å²) in [5, 5.41) is 0. The molecule has 20 heavy (non-hydrogen) atoms. The minimum atomic E-state index is -5.04. The molecule has 0 aromatic rings. The zero-order chi connectivity index (χ0) is 15.7. The van der Waals surface area contributed by atoms with Crippen molar-refractivity contribution in [1.29, 1.82) is 0 Å². The van der Waals surface area contributed by atoms with Crippen LogP contribution >= 0.6 is 0 Å². The lowest BCUT2D eigenvalue weighted by Gasteiger charge is -2.36. The van der Waals surface area contributed by atoms with Crippen LogP contribution in [-0.2, 0) is 9.53 Å². The Bertz CT molecular complexity index is 449. The fraction of sp³-hybridized carbons (Fsp3) is 0.545. The molecule has 0 aliphatic carbocycles. The number of carbonyl (C=O) groups excluding carboxylic acids is 1. The van der Waals surface area contributed by atoms with E-state index in [0.29, 0.717) is 19.2 Å². The molecule has 0 aromatic carbocycles. The predicted molar refractivity (Wildman–Crippen MR) is 56.5 cm³/mol. The average molecular weight is 303 g/mol. The summed E-state index contributed by atoms with van der Waals surface area (Å²) in [5.41, 5.74) is -2.36. The number of hydrogen-bond donors (Lipinski definition) is 0. The first kappa shape index (κ1) is 16.4. The van der Waals surface area contributed by atoms with Crippen LogP contribution in [0.5, 0.6) is 0 Å². The van der Waals surface area contributed by atoms with Crippen LogP contribution in [0.15, 0.2) is 23.4 Å². The zero-order valence-corrected chi connectivity index (χ0v) is 10.5. The smallest absolute Gasteiger partial charge is 0.431 e. The molecule has 0 aromatic heterocycles. The molecule has 1 atom stereocenters. The van der Waals surface area contributed by atoms with Crippen LogP contribution in [0, 0.1) is 0 Å². The first-order chi connectivity index (χ1) is 9.00. The van der Waals surface area contributed by atoms with Gasteiger partial charge in [-0.05, 0) is 19.1 Å². The second kappa shape index (κ2) is 5.37. The molecule has 1 unspecified atom stereocenters. The van der Waals surface area contributed by atoms with Crippen LogP contribution in [0.4, 0.5) is 26.3 Å². The van der Waals surface area contributed by atoms with E-state index in [1.807, 2.05) is 0 Å². The molecular formula is C11H11F6NO2. The quantitative estimate of drug-likeness (QED) is 0.580. The highest BCUT2D eigenvalue weighted by atomic mass is 19.4. The molecule has 1 aliphatic rings. The van der Waals surface area contributed by atoms with Crippen molar-refractivity contribution in [3.8, 4) is 0 Å². The van der Waals surface area contributed by atoms with Gasteiger partial charge in [-0.1, -0.05) is 0 Å². The number of ether oxygens (including phenoxy) is 1. The Kier molecular flexibility index (Phi) is 4.40. The molecule has 114 valence electrons. The Balaban J connectivity index is 3.29. The Morgan fingerprint density at radius 1 is 1.25 bits per heavy atom. The normalized spacial score (nSPS) is 20.4. The largest absolute Gasteiger partial charge is 0.463 e. The van der Waals surface area contributed by atoms with E-state index in [1.54, 1.807) is 0 Å². The zero-order valence-electron chi connectivity index (χ0n) is 10.5. The number of halogens is 6. The number of rotatable bonds is 2. The molecule has 0 radical (unpaired) electrons.